The number of hydrogen-bond acceptors (Lipinski definition) is 3. The fraction of sp³-hybridized carbons (Fsp3) is 0.455. The van der Waals surface area contributed by atoms with E-state index in [1.54, 1.807) is 0 Å². The van der Waals surface area contributed by atoms with Crippen LogP contribution in [0.15, 0.2) is 12.3 Å². The third kappa shape index (κ3) is 3.10. The molecule has 0 atom stereocenters. The maximum absolute atomic E-state index is 10.8. The molecule has 1 heterocycles. The lowest BCUT2D eigenvalue weighted by molar-refractivity contribution is 0.0692. The molecule has 0 aliphatic carbocycles. The van der Waals surface area contributed by atoms with Gasteiger partial charge in [-0.2, -0.15) is 0 Å². The lowest BCUT2D eigenvalue weighted by Crippen LogP contribution is -2.27. The van der Waals surface area contributed by atoms with Gasteiger partial charge in [-0.1, -0.05) is 18.5 Å². The largest absolute Gasteiger partial charge is 0.478 e. The summed E-state index contributed by atoms with van der Waals surface area (Å²) >= 11 is 5.70. The van der Waals surface area contributed by atoms with Crippen LogP contribution >= 0.6 is 11.6 Å². The zero-order chi connectivity index (χ0) is 12.3. The van der Waals surface area contributed by atoms with Crippen molar-refractivity contribution in [3.05, 3.63) is 22.8 Å². The maximum atomic E-state index is 10.8. The molecule has 0 radical (unpaired) electrons. The molecule has 5 heteroatoms. The minimum Gasteiger partial charge on any atom is -0.478 e. The van der Waals surface area contributed by atoms with Crippen molar-refractivity contribution < 1.29 is 14.6 Å². The number of aromatic carboxylic acids is 1. The highest BCUT2D eigenvalue weighted by molar-refractivity contribution is 6.33. The number of halogens is 1. The lowest BCUT2D eigenvalue weighted by atomic mass is 10.1. The third-order valence-electron chi connectivity index (χ3n) is 2.29. The van der Waals surface area contributed by atoms with Crippen molar-refractivity contribution in [2.45, 2.75) is 32.8 Å². The van der Waals surface area contributed by atoms with Gasteiger partial charge < -0.3 is 9.84 Å². The monoisotopic (exact) mass is 243 g/mol. The zero-order valence-corrected chi connectivity index (χ0v) is 10.2. The fourth-order valence-electron chi connectivity index (χ4n) is 0.994. The SMILES string of the molecule is CCC(C)(C)Oc1cc(C(=O)O)c(Cl)cn1. The number of carbonyl (C=O) groups is 1. The van der Waals surface area contributed by atoms with Crippen LogP contribution in [0.2, 0.25) is 5.02 Å². The van der Waals surface area contributed by atoms with E-state index in [2.05, 4.69) is 4.98 Å². The summed E-state index contributed by atoms with van der Waals surface area (Å²) in [7, 11) is 0. The lowest BCUT2D eigenvalue weighted by Gasteiger charge is -2.24. The summed E-state index contributed by atoms with van der Waals surface area (Å²) in [6.07, 6.45) is 2.08. The van der Waals surface area contributed by atoms with Gasteiger partial charge in [0.25, 0.3) is 0 Å². The molecule has 1 aromatic heterocycles. The van der Waals surface area contributed by atoms with Gasteiger partial charge in [0.1, 0.15) is 5.60 Å². The number of carboxylic acids is 1. The van der Waals surface area contributed by atoms with Crippen LogP contribution in [0, 0.1) is 0 Å². The van der Waals surface area contributed by atoms with Crippen molar-refractivity contribution in [2.75, 3.05) is 0 Å². The van der Waals surface area contributed by atoms with E-state index in [1.807, 2.05) is 20.8 Å². The maximum Gasteiger partial charge on any atom is 0.337 e. The highest BCUT2D eigenvalue weighted by atomic mass is 35.5. The van der Waals surface area contributed by atoms with Gasteiger partial charge >= 0.3 is 5.97 Å². The van der Waals surface area contributed by atoms with Gasteiger partial charge in [-0.15, -0.1) is 0 Å². The van der Waals surface area contributed by atoms with E-state index in [1.165, 1.54) is 12.3 Å². The van der Waals surface area contributed by atoms with Crippen LogP contribution in [0.4, 0.5) is 0 Å². The highest BCUT2D eigenvalue weighted by Crippen LogP contribution is 2.23. The van der Waals surface area contributed by atoms with E-state index in [0.29, 0.717) is 0 Å². The Labute approximate surface area is 99.2 Å². The summed E-state index contributed by atoms with van der Waals surface area (Å²) in [5.41, 5.74) is -0.380. The van der Waals surface area contributed by atoms with Crippen molar-refractivity contribution in [2.24, 2.45) is 0 Å². The second kappa shape index (κ2) is 4.70. The van der Waals surface area contributed by atoms with E-state index < -0.39 is 5.97 Å². The molecule has 16 heavy (non-hydrogen) atoms. The summed E-state index contributed by atoms with van der Waals surface area (Å²) in [6, 6.07) is 1.34. The van der Waals surface area contributed by atoms with Gasteiger partial charge in [0.2, 0.25) is 5.88 Å². The minimum atomic E-state index is -1.09. The second-order valence-electron chi connectivity index (χ2n) is 4.02. The Kier molecular flexibility index (Phi) is 3.75. The average molecular weight is 244 g/mol. The topological polar surface area (TPSA) is 59.4 Å². The van der Waals surface area contributed by atoms with Crippen molar-refractivity contribution in [3.63, 3.8) is 0 Å². The molecule has 1 N–H and O–H groups in total. The van der Waals surface area contributed by atoms with Crippen molar-refractivity contribution in [1.82, 2.24) is 4.98 Å². The normalized spacial score (nSPS) is 11.2. The average Bonchev–Trinajstić information content (AvgIpc) is 2.20. The molecule has 0 saturated heterocycles. The number of rotatable bonds is 4. The fourth-order valence-corrected chi connectivity index (χ4v) is 1.18. The Bertz CT molecular complexity index is 404. The summed E-state index contributed by atoms with van der Waals surface area (Å²) in [4.78, 5) is 14.8. The van der Waals surface area contributed by atoms with Crippen LogP contribution in [0.25, 0.3) is 0 Å². The number of aromatic nitrogens is 1. The van der Waals surface area contributed by atoms with Crippen LogP contribution < -0.4 is 4.74 Å². The molecule has 0 aromatic carbocycles. The first-order valence-electron chi connectivity index (χ1n) is 4.93. The van der Waals surface area contributed by atoms with Crippen molar-refractivity contribution in [1.29, 1.82) is 0 Å². The second-order valence-corrected chi connectivity index (χ2v) is 4.43. The summed E-state index contributed by atoms with van der Waals surface area (Å²) < 4.78 is 5.56. The Balaban J connectivity index is 3.00. The molecule has 0 aliphatic rings. The van der Waals surface area contributed by atoms with Gasteiger partial charge in [-0.05, 0) is 20.3 Å². The molecule has 1 rings (SSSR count). The van der Waals surface area contributed by atoms with Crippen LogP contribution in [-0.2, 0) is 0 Å². The number of ether oxygens (including phenoxy) is 1. The van der Waals surface area contributed by atoms with Gasteiger partial charge in [-0.25, -0.2) is 9.78 Å². The van der Waals surface area contributed by atoms with Gasteiger partial charge in [0, 0.05) is 6.07 Å². The molecule has 0 fully saturated rings. The minimum absolute atomic E-state index is 0.00132. The molecule has 0 unspecified atom stereocenters. The molecule has 1 aromatic rings. The van der Waals surface area contributed by atoms with Gasteiger partial charge in [0.05, 0.1) is 16.8 Å². The van der Waals surface area contributed by atoms with Gasteiger partial charge in [-0.3, -0.25) is 0 Å². The Morgan fingerprint density at radius 1 is 1.62 bits per heavy atom. The first-order chi connectivity index (χ1) is 7.35. The number of hydrogen-bond donors (Lipinski definition) is 1. The summed E-state index contributed by atoms with van der Waals surface area (Å²) in [6.45, 7) is 5.79. The van der Waals surface area contributed by atoms with E-state index in [9.17, 15) is 4.79 Å². The smallest absolute Gasteiger partial charge is 0.337 e. The van der Waals surface area contributed by atoms with Crippen LogP contribution in [0.5, 0.6) is 5.88 Å². The Hall–Kier alpha value is -1.29. The van der Waals surface area contributed by atoms with E-state index in [-0.39, 0.29) is 22.1 Å². The Morgan fingerprint density at radius 2 is 2.25 bits per heavy atom. The summed E-state index contributed by atoms with van der Waals surface area (Å²) in [5, 5.41) is 8.98. The molecule has 0 aliphatic heterocycles. The molecular weight excluding hydrogens is 230 g/mol. The first kappa shape index (κ1) is 12.8. The molecule has 4 nitrogen and oxygen atoms in total. The van der Waals surface area contributed by atoms with Crippen LogP contribution in [0.3, 0.4) is 0 Å². The predicted molar refractivity (Wildman–Crippen MR) is 61.2 cm³/mol. The molecule has 0 saturated carbocycles. The van der Waals surface area contributed by atoms with Crippen LogP contribution in [0.1, 0.15) is 37.6 Å². The third-order valence-corrected chi connectivity index (χ3v) is 2.59. The summed E-state index contributed by atoms with van der Waals surface area (Å²) in [5.74, 6) is -0.819. The van der Waals surface area contributed by atoms with E-state index in [4.69, 9.17) is 21.4 Å². The van der Waals surface area contributed by atoms with Crippen LogP contribution in [-0.4, -0.2) is 21.7 Å². The molecule has 88 valence electrons. The molecule has 0 spiro atoms. The number of nitrogens with zero attached hydrogens (tertiary/aromatic N) is 1. The van der Waals surface area contributed by atoms with E-state index >= 15 is 0 Å². The quantitative estimate of drug-likeness (QED) is 0.883. The van der Waals surface area contributed by atoms with E-state index in [0.717, 1.165) is 6.42 Å². The zero-order valence-electron chi connectivity index (χ0n) is 9.45. The molecular formula is C11H14ClNO3. The first-order valence-corrected chi connectivity index (χ1v) is 5.31. The predicted octanol–water partition coefficient (Wildman–Crippen LogP) is 3.00. The van der Waals surface area contributed by atoms with Crippen molar-refractivity contribution >= 4 is 17.6 Å². The number of pyridine rings is 1. The highest BCUT2D eigenvalue weighted by Gasteiger charge is 2.19. The van der Waals surface area contributed by atoms with Crippen molar-refractivity contribution in [3.8, 4) is 5.88 Å². The van der Waals surface area contributed by atoms with Gasteiger partial charge in [0.15, 0.2) is 0 Å². The molecule has 0 amide bonds. The molecule has 0 bridgehead atoms. The Morgan fingerprint density at radius 3 is 2.75 bits per heavy atom. The standard InChI is InChI=1S/C11H14ClNO3/c1-4-11(2,3)16-9-5-7(10(14)15)8(12)6-13-9/h5-6H,4H2,1-3H3,(H,14,15). The number of carboxylic acid groups (broad SMARTS) is 1.